The zero-order valence-electron chi connectivity index (χ0n) is 11.6. The average molecular weight is 257 g/mol. The SMILES string of the molecule is COC(=O)CC1CN(C(=O)C(C)C(C)C)CCO1. The van der Waals surface area contributed by atoms with Gasteiger partial charge < -0.3 is 14.4 Å². The zero-order chi connectivity index (χ0) is 13.7. The average Bonchev–Trinajstić information content (AvgIpc) is 2.37. The Labute approximate surface area is 108 Å². The molecule has 0 radical (unpaired) electrons. The fourth-order valence-electron chi connectivity index (χ4n) is 1.89. The van der Waals surface area contributed by atoms with E-state index in [2.05, 4.69) is 4.74 Å². The maximum Gasteiger partial charge on any atom is 0.308 e. The normalized spacial score (nSPS) is 21.8. The minimum atomic E-state index is -0.300. The number of nitrogens with zero attached hydrogens (tertiary/aromatic N) is 1. The maximum atomic E-state index is 12.2. The Bertz CT molecular complexity index is 303. The Hall–Kier alpha value is -1.10. The molecule has 1 aliphatic rings. The molecule has 0 spiro atoms. The zero-order valence-corrected chi connectivity index (χ0v) is 11.6. The number of rotatable bonds is 4. The maximum absolute atomic E-state index is 12.2. The fraction of sp³-hybridized carbons (Fsp3) is 0.846. The van der Waals surface area contributed by atoms with E-state index in [-0.39, 0.29) is 30.3 Å². The molecule has 1 saturated heterocycles. The lowest BCUT2D eigenvalue weighted by Gasteiger charge is -2.34. The van der Waals surface area contributed by atoms with Crippen LogP contribution in [0.1, 0.15) is 27.2 Å². The van der Waals surface area contributed by atoms with Gasteiger partial charge in [0.2, 0.25) is 5.91 Å². The van der Waals surface area contributed by atoms with Gasteiger partial charge in [-0.25, -0.2) is 0 Å². The number of ether oxygens (including phenoxy) is 2. The molecule has 5 nitrogen and oxygen atoms in total. The van der Waals surface area contributed by atoms with E-state index in [0.717, 1.165) is 0 Å². The van der Waals surface area contributed by atoms with Crippen molar-refractivity contribution in [1.29, 1.82) is 0 Å². The Morgan fingerprint density at radius 1 is 1.39 bits per heavy atom. The van der Waals surface area contributed by atoms with Crippen molar-refractivity contribution in [2.24, 2.45) is 11.8 Å². The van der Waals surface area contributed by atoms with Gasteiger partial charge in [-0.3, -0.25) is 9.59 Å². The molecule has 104 valence electrons. The van der Waals surface area contributed by atoms with Crippen molar-refractivity contribution in [3.8, 4) is 0 Å². The molecule has 2 unspecified atom stereocenters. The monoisotopic (exact) mass is 257 g/mol. The first kappa shape index (κ1) is 15.0. The summed E-state index contributed by atoms with van der Waals surface area (Å²) in [7, 11) is 1.36. The first-order valence-electron chi connectivity index (χ1n) is 6.43. The van der Waals surface area contributed by atoms with Crippen LogP contribution < -0.4 is 0 Å². The lowest BCUT2D eigenvalue weighted by Crippen LogP contribution is -2.48. The largest absolute Gasteiger partial charge is 0.469 e. The van der Waals surface area contributed by atoms with Gasteiger partial charge in [0.25, 0.3) is 0 Å². The van der Waals surface area contributed by atoms with Crippen LogP contribution in [0.3, 0.4) is 0 Å². The second-order valence-corrected chi connectivity index (χ2v) is 5.09. The molecule has 0 N–H and O–H groups in total. The Balaban J connectivity index is 2.53. The smallest absolute Gasteiger partial charge is 0.308 e. The molecule has 0 aliphatic carbocycles. The molecule has 1 aliphatic heterocycles. The fourth-order valence-corrected chi connectivity index (χ4v) is 1.89. The molecule has 0 saturated carbocycles. The summed E-state index contributed by atoms with van der Waals surface area (Å²) in [5.74, 6) is 0.163. The van der Waals surface area contributed by atoms with Crippen LogP contribution in [0.2, 0.25) is 0 Å². The highest BCUT2D eigenvalue weighted by Gasteiger charge is 2.29. The molecule has 1 amide bonds. The van der Waals surface area contributed by atoms with E-state index in [0.29, 0.717) is 25.6 Å². The summed E-state index contributed by atoms with van der Waals surface area (Å²) >= 11 is 0. The van der Waals surface area contributed by atoms with Gasteiger partial charge >= 0.3 is 5.97 Å². The van der Waals surface area contributed by atoms with Crippen molar-refractivity contribution in [1.82, 2.24) is 4.90 Å². The van der Waals surface area contributed by atoms with Gasteiger partial charge in [0.15, 0.2) is 0 Å². The van der Waals surface area contributed by atoms with Crippen molar-refractivity contribution in [3.63, 3.8) is 0 Å². The summed E-state index contributed by atoms with van der Waals surface area (Å²) in [6, 6.07) is 0. The summed E-state index contributed by atoms with van der Waals surface area (Å²) in [6.45, 7) is 7.58. The van der Waals surface area contributed by atoms with Crippen molar-refractivity contribution >= 4 is 11.9 Å². The van der Waals surface area contributed by atoms with Gasteiger partial charge in [-0.05, 0) is 5.92 Å². The number of esters is 1. The van der Waals surface area contributed by atoms with Crippen molar-refractivity contribution in [3.05, 3.63) is 0 Å². The molecule has 0 aromatic carbocycles. The van der Waals surface area contributed by atoms with E-state index in [9.17, 15) is 9.59 Å². The van der Waals surface area contributed by atoms with E-state index in [1.54, 1.807) is 4.90 Å². The number of amides is 1. The molecule has 0 bridgehead atoms. The number of hydrogen-bond acceptors (Lipinski definition) is 4. The van der Waals surface area contributed by atoms with Crippen molar-refractivity contribution < 1.29 is 19.1 Å². The lowest BCUT2D eigenvalue weighted by molar-refractivity contribution is -0.152. The minimum absolute atomic E-state index is 0.00174. The van der Waals surface area contributed by atoms with Gasteiger partial charge in [0, 0.05) is 19.0 Å². The molecule has 18 heavy (non-hydrogen) atoms. The van der Waals surface area contributed by atoms with Gasteiger partial charge in [-0.2, -0.15) is 0 Å². The topological polar surface area (TPSA) is 55.8 Å². The summed E-state index contributed by atoms with van der Waals surface area (Å²) in [4.78, 5) is 25.2. The number of methoxy groups -OCH3 is 1. The molecule has 0 aromatic heterocycles. The molecular weight excluding hydrogens is 234 g/mol. The lowest BCUT2D eigenvalue weighted by atomic mass is 9.96. The number of hydrogen-bond donors (Lipinski definition) is 0. The highest BCUT2D eigenvalue weighted by Crippen LogP contribution is 2.17. The predicted molar refractivity (Wildman–Crippen MR) is 67.0 cm³/mol. The number of carbonyl (C=O) groups is 2. The summed E-state index contributed by atoms with van der Waals surface area (Å²) < 4.78 is 10.1. The summed E-state index contributed by atoms with van der Waals surface area (Å²) in [5.41, 5.74) is 0. The molecule has 1 fully saturated rings. The predicted octanol–water partition coefficient (Wildman–Crippen LogP) is 1.07. The summed E-state index contributed by atoms with van der Waals surface area (Å²) in [6.07, 6.45) is -0.0365. The number of morpholine rings is 1. The van der Waals surface area contributed by atoms with E-state index >= 15 is 0 Å². The Kier molecular flexibility index (Phi) is 5.59. The van der Waals surface area contributed by atoms with Crippen LogP contribution in [0.25, 0.3) is 0 Å². The van der Waals surface area contributed by atoms with Gasteiger partial charge in [0.05, 0.1) is 26.2 Å². The van der Waals surface area contributed by atoms with Crippen LogP contribution in [0, 0.1) is 11.8 Å². The van der Waals surface area contributed by atoms with Crippen LogP contribution in [0.4, 0.5) is 0 Å². The van der Waals surface area contributed by atoms with Gasteiger partial charge in [-0.1, -0.05) is 20.8 Å². The first-order chi connectivity index (χ1) is 8.45. The molecular formula is C13H23NO4. The third-order valence-corrected chi connectivity index (χ3v) is 3.46. The second kappa shape index (κ2) is 6.73. The summed E-state index contributed by atoms with van der Waals surface area (Å²) in [5, 5.41) is 0. The Morgan fingerprint density at radius 2 is 2.06 bits per heavy atom. The number of carbonyl (C=O) groups excluding carboxylic acids is 2. The van der Waals surface area contributed by atoms with Crippen LogP contribution in [0.15, 0.2) is 0 Å². The second-order valence-electron chi connectivity index (χ2n) is 5.09. The standard InChI is InChI=1S/C13H23NO4/c1-9(2)10(3)13(16)14-5-6-18-11(8-14)7-12(15)17-4/h9-11H,5-8H2,1-4H3. The van der Waals surface area contributed by atoms with Crippen molar-refractivity contribution in [2.45, 2.75) is 33.3 Å². The van der Waals surface area contributed by atoms with Gasteiger partial charge in [-0.15, -0.1) is 0 Å². The van der Waals surface area contributed by atoms with Crippen LogP contribution >= 0.6 is 0 Å². The first-order valence-corrected chi connectivity index (χ1v) is 6.43. The molecule has 0 aromatic rings. The molecule has 2 atom stereocenters. The van der Waals surface area contributed by atoms with Crippen LogP contribution in [-0.2, 0) is 19.1 Å². The highest BCUT2D eigenvalue weighted by atomic mass is 16.5. The highest BCUT2D eigenvalue weighted by molar-refractivity contribution is 5.79. The third kappa shape index (κ3) is 3.98. The van der Waals surface area contributed by atoms with E-state index in [1.807, 2.05) is 20.8 Å². The minimum Gasteiger partial charge on any atom is -0.469 e. The van der Waals surface area contributed by atoms with Gasteiger partial charge in [0.1, 0.15) is 0 Å². The molecule has 1 heterocycles. The third-order valence-electron chi connectivity index (χ3n) is 3.46. The quantitative estimate of drug-likeness (QED) is 0.707. The van der Waals surface area contributed by atoms with E-state index < -0.39 is 0 Å². The molecule has 1 rings (SSSR count). The van der Waals surface area contributed by atoms with E-state index in [1.165, 1.54) is 7.11 Å². The van der Waals surface area contributed by atoms with Crippen molar-refractivity contribution in [2.75, 3.05) is 26.8 Å². The van der Waals surface area contributed by atoms with Crippen LogP contribution in [-0.4, -0.2) is 49.7 Å². The van der Waals surface area contributed by atoms with Crippen LogP contribution in [0.5, 0.6) is 0 Å². The van der Waals surface area contributed by atoms with E-state index in [4.69, 9.17) is 4.74 Å². The Morgan fingerprint density at radius 3 is 2.61 bits per heavy atom. The molecule has 5 heteroatoms.